The van der Waals surface area contributed by atoms with Gasteiger partial charge in [-0.05, 0) is 10.8 Å². The molecule has 0 fully saturated rings. The molecule has 0 atom stereocenters. The minimum Gasteiger partial charge on any atom is -1.00 e. The monoisotopic (exact) mass is 488 g/mol. The fourth-order valence-electron chi connectivity index (χ4n) is 3.42. The molecule has 2 aliphatic carbocycles. The van der Waals surface area contributed by atoms with E-state index in [9.17, 15) is 0 Å². The summed E-state index contributed by atoms with van der Waals surface area (Å²) in [6, 6.07) is 13.0. The van der Waals surface area contributed by atoms with Crippen molar-refractivity contribution in [1.29, 1.82) is 0 Å². The van der Waals surface area contributed by atoms with Gasteiger partial charge in [-0.2, -0.15) is 46.5 Å². The van der Waals surface area contributed by atoms with Gasteiger partial charge in [-0.25, -0.2) is 0 Å². The molecule has 2 aromatic rings. The van der Waals surface area contributed by atoms with E-state index >= 15 is 0 Å². The van der Waals surface area contributed by atoms with Crippen LogP contribution in [0.5, 0.6) is 0 Å². The normalized spacial score (nSPS) is 16.4. The van der Waals surface area contributed by atoms with E-state index in [1.807, 2.05) is 0 Å². The van der Waals surface area contributed by atoms with Crippen LogP contribution in [0.15, 0.2) is 72.9 Å². The van der Waals surface area contributed by atoms with Crippen molar-refractivity contribution in [2.45, 2.75) is 38.5 Å². The summed E-state index contributed by atoms with van der Waals surface area (Å²) in [6.45, 7) is 8.98. The SMILES string of the molecule is CC1(C)C=CC=Cc2[cH-]ccc21.CC1(C)C=CC=Cc2[cH-]ccc21.[CH2]=[Zr+2].[Cl-].[Cl-]. The summed E-state index contributed by atoms with van der Waals surface area (Å²) in [7, 11) is 0. The Kier molecular flexibility index (Phi) is 11.4. The van der Waals surface area contributed by atoms with Crippen molar-refractivity contribution < 1.29 is 49.0 Å². The largest absolute Gasteiger partial charge is 1.00 e. The first kappa shape index (κ1) is 27.0. The number of halogens is 2. The molecule has 28 heavy (non-hydrogen) atoms. The fourth-order valence-corrected chi connectivity index (χ4v) is 3.42. The minimum atomic E-state index is 0. The molecule has 0 unspecified atom stereocenters. The van der Waals surface area contributed by atoms with Crippen molar-refractivity contribution in [2.24, 2.45) is 0 Å². The van der Waals surface area contributed by atoms with Crippen LogP contribution in [0.2, 0.25) is 0 Å². The van der Waals surface area contributed by atoms with Gasteiger partial charge in [-0.3, -0.25) is 0 Å². The van der Waals surface area contributed by atoms with Crippen molar-refractivity contribution in [3.05, 3.63) is 95.1 Å². The third-order valence-electron chi connectivity index (χ3n) is 4.89. The second kappa shape index (κ2) is 11.9. The van der Waals surface area contributed by atoms with Crippen molar-refractivity contribution in [1.82, 2.24) is 0 Å². The van der Waals surface area contributed by atoms with E-state index in [4.69, 9.17) is 0 Å². The Morgan fingerprint density at radius 2 is 1.04 bits per heavy atom. The van der Waals surface area contributed by atoms with Gasteiger partial charge in [0.15, 0.2) is 0 Å². The van der Waals surface area contributed by atoms with Gasteiger partial charge in [0.05, 0.1) is 0 Å². The maximum atomic E-state index is 3.34. The molecule has 3 heteroatoms. The number of rotatable bonds is 0. The number of allylic oxidation sites excluding steroid dienone is 6. The number of fused-ring (bicyclic) bond motifs is 2. The van der Waals surface area contributed by atoms with Crippen molar-refractivity contribution >= 4 is 16.4 Å². The van der Waals surface area contributed by atoms with Crippen LogP contribution >= 0.6 is 0 Å². The summed E-state index contributed by atoms with van der Waals surface area (Å²) < 4.78 is 3.34. The molecule has 0 N–H and O–H groups in total. The third kappa shape index (κ3) is 6.52. The molecule has 0 saturated carbocycles. The molecule has 0 saturated heterocycles. The van der Waals surface area contributed by atoms with Gasteiger partial charge in [0.1, 0.15) is 0 Å². The minimum absolute atomic E-state index is 0. The maximum Gasteiger partial charge on any atom is -1.00 e. The molecule has 4 rings (SSSR count). The molecule has 0 amide bonds. The van der Waals surface area contributed by atoms with Gasteiger partial charge in [-0.15, -0.1) is 36.4 Å². The van der Waals surface area contributed by atoms with E-state index in [0.29, 0.717) is 0 Å². The van der Waals surface area contributed by atoms with E-state index in [2.05, 4.69) is 117 Å². The topological polar surface area (TPSA) is 0 Å². The summed E-state index contributed by atoms with van der Waals surface area (Å²) in [4.78, 5) is 0. The van der Waals surface area contributed by atoms with Gasteiger partial charge < -0.3 is 24.8 Å². The van der Waals surface area contributed by atoms with Crippen LogP contribution in [0.4, 0.5) is 0 Å². The molecule has 0 bridgehead atoms. The summed E-state index contributed by atoms with van der Waals surface area (Å²) in [5.74, 6) is 0. The van der Waals surface area contributed by atoms with Crippen molar-refractivity contribution in [3.63, 3.8) is 0 Å². The van der Waals surface area contributed by atoms with E-state index in [0.717, 1.165) is 0 Å². The van der Waals surface area contributed by atoms with E-state index in [-0.39, 0.29) is 35.6 Å². The summed E-state index contributed by atoms with van der Waals surface area (Å²) >= 11 is 1.30. The predicted molar refractivity (Wildman–Crippen MR) is 114 cm³/mol. The van der Waals surface area contributed by atoms with Crippen LogP contribution < -0.4 is 24.8 Å². The zero-order valence-electron chi connectivity index (χ0n) is 17.0. The molecule has 0 aromatic heterocycles. The first-order valence-corrected chi connectivity index (χ1v) is 10.7. The number of hydrogen-bond donors (Lipinski definition) is 0. The second-order valence-corrected chi connectivity index (χ2v) is 7.67. The molecular weight excluding hydrogens is 462 g/mol. The zero-order valence-corrected chi connectivity index (χ0v) is 21.0. The third-order valence-corrected chi connectivity index (χ3v) is 4.89. The summed E-state index contributed by atoms with van der Waals surface area (Å²) in [5, 5.41) is 0. The van der Waals surface area contributed by atoms with E-state index in [1.54, 1.807) is 0 Å². The Morgan fingerprint density at radius 1 is 0.679 bits per heavy atom. The standard InChI is InChI=1S/2C12H13.CH2.2ClH.Zr/c2*1-12(2)9-4-3-6-10-7-5-8-11(10)12;;;;/h2*3-9H,1-2H3;1H2;2*1H;/q2*-1;;;;+2/p-2. The Labute approximate surface area is 198 Å². The number of hydrogen-bond acceptors (Lipinski definition) is 0. The van der Waals surface area contributed by atoms with Crippen molar-refractivity contribution in [3.8, 4) is 0 Å². The zero-order chi connectivity index (χ0) is 19.2. The van der Waals surface area contributed by atoms with Crippen LogP contribution in [0.25, 0.3) is 12.2 Å². The van der Waals surface area contributed by atoms with Gasteiger partial charge in [0.2, 0.25) is 0 Å². The van der Waals surface area contributed by atoms with E-state index in [1.165, 1.54) is 46.5 Å². The van der Waals surface area contributed by atoms with Gasteiger partial charge in [-0.1, -0.05) is 52.0 Å². The Hall–Kier alpha value is -1.01. The Morgan fingerprint density at radius 3 is 1.39 bits per heavy atom. The van der Waals surface area contributed by atoms with Crippen LogP contribution in [0.3, 0.4) is 0 Å². The molecule has 0 aliphatic heterocycles. The first-order chi connectivity index (χ1) is 12.4. The van der Waals surface area contributed by atoms with E-state index < -0.39 is 0 Å². The second-order valence-electron chi connectivity index (χ2n) is 7.67. The average molecular weight is 491 g/mol. The first-order valence-electron chi connectivity index (χ1n) is 9.00. The fraction of sp³-hybridized carbons (Fsp3) is 0.240. The smallest absolute Gasteiger partial charge is 1.00 e. The maximum absolute atomic E-state index is 3.34. The van der Waals surface area contributed by atoms with Gasteiger partial charge >= 0.3 is 28.4 Å². The predicted octanol–water partition coefficient (Wildman–Crippen LogP) is 0.505. The molecule has 0 spiro atoms. The summed E-state index contributed by atoms with van der Waals surface area (Å²) in [5.41, 5.74) is 5.92. The van der Waals surface area contributed by atoms with Crippen LogP contribution in [0, 0.1) is 0 Å². The molecule has 0 nitrogen and oxygen atoms in total. The molecule has 2 aromatic carbocycles. The molecule has 148 valence electrons. The van der Waals surface area contributed by atoms with Crippen LogP contribution in [-0.4, -0.2) is 4.21 Å². The quantitative estimate of drug-likeness (QED) is 0.472. The van der Waals surface area contributed by atoms with Gasteiger partial charge in [0.25, 0.3) is 0 Å². The Balaban J connectivity index is 0.000000449. The molecule has 0 heterocycles. The molecular formula is C25H28Cl2Zr-2. The molecule has 2 aliphatic rings. The van der Waals surface area contributed by atoms with Crippen LogP contribution in [0.1, 0.15) is 49.9 Å². The van der Waals surface area contributed by atoms with Crippen molar-refractivity contribution in [2.75, 3.05) is 0 Å². The summed E-state index contributed by atoms with van der Waals surface area (Å²) in [6.07, 6.45) is 17.3. The van der Waals surface area contributed by atoms with Crippen LogP contribution in [-0.2, 0) is 35.1 Å². The molecule has 0 radical (unpaired) electrons. The average Bonchev–Trinajstić information content (AvgIpc) is 3.23. The van der Waals surface area contributed by atoms with Gasteiger partial charge in [0, 0.05) is 0 Å². The Bertz CT molecular complexity index is 771.